The monoisotopic (exact) mass is 312 g/mol. The van der Waals surface area contributed by atoms with Crippen molar-refractivity contribution in [2.45, 2.75) is 58.9 Å². The molecular weight excluding hydrogens is 284 g/mol. The van der Waals surface area contributed by atoms with Crippen LogP contribution >= 0.6 is 0 Å². The minimum atomic E-state index is -0.978. The van der Waals surface area contributed by atoms with E-state index < -0.39 is 12.0 Å². The van der Waals surface area contributed by atoms with Crippen molar-refractivity contribution in [2.75, 3.05) is 13.1 Å². The molecule has 6 nitrogen and oxygen atoms in total. The quantitative estimate of drug-likeness (QED) is 0.748. The van der Waals surface area contributed by atoms with E-state index in [1.54, 1.807) is 4.90 Å². The van der Waals surface area contributed by atoms with Crippen LogP contribution < -0.4 is 5.32 Å². The van der Waals surface area contributed by atoms with Crippen LogP contribution in [0.5, 0.6) is 0 Å². The summed E-state index contributed by atoms with van der Waals surface area (Å²) in [5.41, 5.74) is 0. The number of hydrogen-bond donors (Lipinski definition) is 2. The van der Waals surface area contributed by atoms with Crippen molar-refractivity contribution in [3.05, 3.63) is 0 Å². The van der Waals surface area contributed by atoms with Crippen LogP contribution in [0.4, 0.5) is 0 Å². The van der Waals surface area contributed by atoms with Crippen molar-refractivity contribution >= 4 is 17.8 Å². The van der Waals surface area contributed by atoms with Crippen molar-refractivity contribution in [3.8, 4) is 0 Å². The number of hydrogen-bond acceptors (Lipinski definition) is 3. The van der Waals surface area contributed by atoms with E-state index in [2.05, 4.69) is 5.32 Å². The Hall–Kier alpha value is -1.59. The Morgan fingerprint density at radius 2 is 1.82 bits per heavy atom. The molecule has 1 fully saturated rings. The average molecular weight is 312 g/mol. The first-order valence-electron chi connectivity index (χ1n) is 8.18. The van der Waals surface area contributed by atoms with E-state index in [1.165, 1.54) is 0 Å². The summed E-state index contributed by atoms with van der Waals surface area (Å²) in [6.07, 6.45) is 3.34. The van der Waals surface area contributed by atoms with E-state index in [4.69, 9.17) is 5.11 Å². The van der Waals surface area contributed by atoms with Crippen LogP contribution in [0.25, 0.3) is 0 Å². The minimum absolute atomic E-state index is 0.0317. The smallest absolute Gasteiger partial charge is 0.326 e. The predicted molar refractivity (Wildman–Crippen MR) is 83.2 cm³/mol. The fourth-order valence-electron chi connectivity index (χ4n) is 2.68. The van der Waals surface area contributed by atoms with Crippen molar-refractivity contribution in [3.63, 3.8) is 0 Å². The second kappa shape index (κ2) is 8.76. The highest BCUT2D eigenvalue weighted by atomic mass is 16.4. The molecule has 22 heavy (non-hydrogen) atoms. The Morgan fingerprint density at radius 1 is 1.23 bits per heavy atom. The Labute approximate surface area is 132 Å². The van der Waals surface area contributed by atoms with E-state index >= 15 is 0 Å². The summed E-state index contributed by atoms with van der Waals surface area (Å²) in [7, 11) is 0. The lowest BCUT2D eigenvalue weighted by Gasteiger charge is -2.32. The number of rotatable bonds is 7. The van der Waals surface area contributed by atoms with Crippen LogP contribution in [0.15, 0.2) is 0 Å². The minimum Gasteiger partial charge on any atom is -0.480 e. The lowest BCUT2D eigenvalue weighted by Crippen LogP contribution is -2.48. The molecule has 1 rings (SSSR count). The third-order valence-corrected chi connectivity index (χ3v) is 4.13. The number of carboxylic acids is 1. The molecule has 0 saturated carbocycles. The highest BCUT2D eigenvalue weighted by molar-refractivity contribution is 5.85. The maximum absolute atomic E-state index is 12.2. The zero-order valence-electron chi connectivity index (χ0n) is 13.8. The molecule has 0 unspecified atom stereocenters. The zero-order valence-corrected chi connectivity index (χ0v) is 13.8. The Balaban J connectivity index is 2.47. The summed E-state index contributed by atoms with van der Waals surface area (Å²) in [4.78, 5) is 37.1. The van der Waals surface area contributed by atoms with Gasteiger partial charge in [-0.15, -0.1) is 0 Å². The molecule has 1 saturated heterocycles. The molecular formula is C16H28N2O4. The Kier molecular flexibility index (Phi) is 7.35. The molecule has 0 bridgehead atoms. The van der Waals surface area contributed by atoms with Crippen molar-refractivity contribution in [1.82, 2.24) is 10.2 Å². The maximum Gasteiger partial charge on any atom is 0.326 e. The number of nitrogens with one attached hydrogen (secondary N) is 1. The summed E-state index contributed by atoms with van der Waals surface area (Å²) in [6.45, 7) is 6.87. The molecule has 0 radical (unpaired) electrons. The molecule has 1 heterocycles. The van der Waals surface area contributed by atoms with E-state index in [1.807, 2.05) is 20.8 Å². The van der Waals surface area contributed by atoms with Gasteiger partial charge in [0.15, 0.2) is 0 Å². The second-order valence-electron chi connectivity index (χ2n) is 6.30. The van der Waals surface area contributed by atoms with Gasteiger partial charge in [0, 0.05) is 24.9 Å². The third kappa shape index (κ3) is 5.31. The molecule has 126 valence electrons. The molecule has 6 heteroatoms. The number of nitrogens with zero attached hydrogens (tertiary/aromatic N) is 1. The van der Waals surface area contributed by atoms with Crippen molar-refractivity contribution in [2.24, 2.45) is 11.8 Å². The number of carbonyl (C=O) groups is 3. The van der Waals surface area contributed by atoms with E-state index in [-0.39, 0.29) is 23.7 Å². The molecule has 0 spiro atoms. The van der Waals surface area contributed by atoms with Gasteiger partial charge in [-0.05, 0) is 19.3 Å². The summed E-state index contributed by atoms with van der Waals surface area (Å²) in [5.74, 6) is -1.28. The van der Waals surface area contributed by atoms with Gasteiger partial charge in [-0.25, -0.2) is 4.79 Å². The van der Waals surface area contributed by atoms with Gasteiger partial charge in [0.1, 0.15) is 6.04 Å². The standard InChI is InChI=1S/C16H28N2O4/c1-4-5-6-13(16(21)22)17-14(19)12-7-9-18(10-8-12)15(20)11(2)3/h11-13H,4-10H2,1-3H3,(H,17,19)(H,21,22)/t13-/m0/s1. The first kappa shape index (κ1) is 18.5. The number of likely N-dealkylation sites (tertiary alicyclic amines) is 1. The van der Waals surface area contributed by atoms with Crippen LogP contribution in [0.1, 0.15) is 52.9 Å². The Morgan fingerprint density at radius 3 is 2.27 bits per heavy atom. The molecule has 1 atom stereocenters. The average Bonchev–Trinajstić information content (AvgIpc) is 2.50. The number of unbranched alkanes of at least 4 members (excludes halogenated alkanes) is 1. The van der Waals surface area contributed by atoms with Gasteiger partial charge >= 0.3 is 5.97 Å². The topological polar surface area (TPSA) is 86.7 Å². The van der Waals surface area contributed by atoms with E-state index in [0.717, 1.165) is 12.8 Å². The highest BCUT2D eigenvalue weighted by Crippen LogP contribution is 2.19. The van der Waals surface area contributed by atoms with Crippen molar-refractivity contribution in [1.29, 1.82) is 0 Å². The van der Waals surface area contributed by atoms with Crippen LogP contribution in [-0.2, 0) is 14.4 Å². The molecule has 0 aliphatic carbocycles. The molecule has 2 amide bonds. The van der Waals surface area contributed by atoms with Crippen LogP contribution in [0, 0.1) is 11.8 Å². The van der Waals surface area contributed by atoms with Gasteiger partial charge in [-0.2, -0.15) is 0 Å². The van der Waals surface area contributed by atoms with Gasteiger partial charge < -0.3 is 15.3 Å². The molecule has 0 aromatic heterocycles. The molecule has 0 aromatic rings. The predicted octanol–water partition coefficient (Wildman–Crippen LogP) is 1.64. The lowest BCUT2D eigenvalue weighted by atomic mass is 9.94. The number of piperidine rings is 1. The van der Waals surface area contributed by atoms with Gasteiger partial charge in [0.2, 0.25) is 11.8 Å². The second-order valence-corrected chi connectivity index (χ2v) is 6.30. The van der Waals surface area contributed by atoms with Crippen LogP contribution in [0.3, 0.4) is 0 Å². The van der Waals surface area contributed by atoms with Gasteiger partial charge in [-0.1, -0.05) is 33.6 Å². The molecule has 1 aliphatic heterocycles. The summed E-state index contributed by atoms with van der Waals surface area (Å²) < 4.78 is 0. The molecule has 2 N–H and O–H groups in total. The summed E-state index contributed by atoms with van der Waals surface area (Å²) in [6, 6.07) is -0.803. The van der Waals surface area contributed by atoms with Crippen molar-refractivity contribution < 1.29 is 19.5 Å². The summed E-state index contributed by atoms with van der Waals surface area (Å²) in [5, 5.41) is 11.8. The molecule has 0 aromatic carbocycles. The van der Waals surface area contributed by atoms with E-state index in [0.29, 0.717) is 32.4 Å². The van der Waals surface area contributed by atoms with Crippen LogP contribution in [-0.4, -0.2) is 46.9 Å². The number of amides is 2. The molecule has 1 aliphatic rings. The first-order chi connectivity index (χ1) is 10.4. The summed E-state index contributed by atoms with van der Waals surface area (Å²) >= 11 is 0. The largest absolute Gasteiger partial charge is 0.480 e. The fourth-order valence-corrected chi connectivity index (χ4v) is 2.68. The Bertz CT molecular complexity index is 401. The third-order valence-electron chi connectivity index (χ3n) is 4.13. The van der Waals surface area contributed by atoms with E-state index in [9.17, 15) is 14.4 Å². The van der Waals surface area contributed by atoms with Gasteiger partial charge in [0.05, 0.1) is 0 Å². The lowest BCUT2D eigenvalue weighted by molar-refractivity contribution is -0.143. The normalized spacial score (nSPS) is 17.4. The van der Waals surface area contributed by atoms with Crippen LogP contribution in [0.2, 0.25) is 0 Å². The zero-order chi connectivity index (χ0) is 16.7. The SMILES string of the molecule is CCCC[C@H](NC(=O)C1CCN(C(=O)C(C)C)CC1)C(=O)O. The van der Waals surface area contributed by atoms with Gasteiger partial charge in [-0.3, -0.25) is 9.59 Å². The maximum atomic E-state index is 12.2. The number of carbonyl (C=O) groups excluding carboxylic acids is 2. The first-order valence-corrected chi connectivity index (χ1v) is 8.18. The number of carboxylic acid groups (broad SMARTS) is 1. The fraction of sp³-hybridized carbons (Fsp3) is 0.812. The highest BCUT2D eigenvalue weighted by Gasteiger charge is 2.30. The number of aliphatic carboxylic acids is 1. The van der Waals surface area contributed by atoms with Gasteiger partial charge in [0.25, 0.3) is 0 Å².